The summed E-state index contributed by atoms with van der Waals surface area (Å²) in [7, 11) is 1.72. The van der Waals surface area contributed by atoms with Crippen molar-refractivity contribution in [3.8, 4) is 0 Å². The summed E-state index contributed by atoms with van der Waals surface area (Å²) in [6, 6.07) is 2.56. The Morgan fingerprint density at radius 2 is 2.00 bits per heavy atom. The lowest BCUT2D eigenvalue weighted by Gasteiger charge is -2.23. The fraction of sp³-hybridized carbons (Fsp3) is 0.714. The first kappa shape index (κ1) is 14.1. The van der Waals surface area contributed by atoms with Crippen LogP contribution in [-0.2, 0) is 4.74 Å². The van der Waals surface area contributed by atoms with Crippen molar-refractivity contribution in [2.45, 2.75) is 44.6 Å². The summed E-state index contributed by atoms with van der Waals surface area (Å²) in [4.78, 5) is 8.52. The minimum Gasteiger partial charge on any atom is -0.385 e. The van der Waals surface area contributed by atoms with Gasteiger partial charge in [0.25, 0.3) is 0 Å². The second kappa shape index (κ2) is 7.94. The molecule has 0 aromatic carbocycles. The van der Waals surface area contributed by atoms with E-state index in [0.717, 1.165) is 31.2 Å². The summed E-state index contributed by atoms with van der Waals surface area (Å²) in [5, 5.41) is 6.79. The van der Waals surface area contributed by atoms with Gasteiger partial charge in [-0.3, -0.25) is 0 Å². The summed E-state index contributed by atoms with van der Waals surface area (Å²) in [6.07, 6.45) is 9.11. The minimum atomic E-state index is 0.574. The van der Waals surface area contributed by atoms with Crippen LogP contribution in [0.25, 0.3) is 0 Å². The molecule has 0 spiro atoms. The smallest absolute Gasteiger partial charge is 0.131 e. The minimum absolute atomic E-state index is 0.574. The van der Waals surface area contributed by atoms with Crippen molar-refractivity contribution in [2.75, 3.05) is 30.9 Å². The van der Waals surface area contributed by atoms with Crippen molar-refractivity contribution in [1.82, 2.24) is 9.97 Å². The Kier molecular flexibility index (Phi) is 5.88. The average molecular weight is 264 g/mol. The van der Waals surface area contributed by atoms with Crippen LogP contribution in [0.3, 0.4) is 0 Å². The largest absolute Gasteiger partial charge is 0.385 e. The van der Waals surface area contributed by atoms with Gasteiger partial charge >= 0.3 is 0 Å². The van der Waals surface area contributed by atoms with E-state index in [4.69, 9.17) is 4.74 Å². The standard InChI is InChI=1S/C14H24N4O/c1-19-9-5-8-15-13-10-14(17-11-16-13)18-12-6-3-2-4-7-12/h10-12H,2-9H2,1H3,(H2,15,16,17,18). The van der Waals surface area contributed by atoms with Crippen LogP contribution >= 0.6 is 0 Å². The number of nitrogens with one attached hydrogen (secondary N) is 2. The molecule has 1 aromatic heterocycles. The van der Waals surface area contributed by atoms with E-state index < -0.39 is 0 Å². The molecule has 5 heteroatoms. The van der Waals surface area contributed by atoms with Crippen molar-refractivity contribution >= 4 is 11.6 Å². The molecule has 1 fully saturated rings. The molecule has 0 atom stereocenters. The van der Waals surface area contributed by atoms with Gasteiger partial charge in [-0.2, -0.15) is 0 Å². The van der Waals surface area contributed by atoms with Crippen molar-refractivity contribution in [1.29, 1.82) is 0 Å². The van der Waals surface area contributed by atoms with Gasteiger partial charge < -0.3 is 15.4 Å². The third-order valence-corrected chi connectivity index (χ3v) is 3.46. The lowest BCUT2D eigenvalue weighted by Crippen LogP contribution is -2.22. The first-order valence-corrected chi connectivity index (χ1v) is 7.20. The van der Waals surface area contributed by atoms with Gasteiger partial charge in [0.05, 0.1) is 0 Å². The molecule has 5 nitrogen and oxygen atoms in total. The van der Waals surface area contributed by atoms with E-state index in [2.05, 4.69) is 20.6 Å². The van der Waals surface area contributed by atoms with Gasteiger partial charge in [-0.25, -0.2) is 9.97 Å². The van der Waals surface area contributed by atoms with Gasteiger partial charge in [-0.15, -0.1) is 0 Å². The highest BCUT2D eigenvalue weighted by Crippen LogP contribution is 2.21. The maximum Gasteiger partial charge on any atom is 0.131 e. The number of nitrogens with zero attached hydrogens (tertiary/aromatic N) is 2. The number of ether oxygens (including phenoxy) is 1. The fourth-order valence-corrected chi connectivity index (χ4v) is 2.42. The Labute approximate surface area is 115 Å². The zero-order valence-electron chi connectivity index (χ0n) is 11.7. The van der Waals surface area contributed by atoms with Gasteiger partial charge in [0.1, 0.15) is 18.0 Å². The zero-order chi connectivity index (χ0) is 13.3. The average Bonchev–Trinajstić information content (AvgIpc) is 2.45. The molecule has 106 valence electrons. The molecular formula is C14H24N4O. The second-order valence-electron chi connectivity index (χ2n) is 5.04. The molecule has 1 heterocycles. The molecule has 1 aliphatic carbocycles. The van der Waals surface area contributed by atoms with E-state index >= 15 is 0 Å². The highest BCUT2D eigenvalue weighted by molar-refractivity contribution is 5.46. The lowest BCUT2D eigenvalue weighted by atomic mass is 9.95. The predicted octanol–water partition coefficient (Wildman–Crippen LogP) is 2.67. The number of aromatic nitrogens is 2. The Morgan fingerprint density at radius 1 is 1.21 bits per heavy atom. The number of rotatable bonds is 7. The van der Waals surface area contributed by atoms with Crippen LogP contribution in [0.1, 0.15) is 38.5 Å². The molecule has 0 bridgehead atoms. The summed E-state index contributed by atoms with van der Waals surface area (Å²) in [5.74, 6) is 1.81. The number of hydrogen-bond donors (Lipinski definition) is 2. The van der Waals surface area contributed by atoms with Gasteiger partial charge in [-0.05, 0) is 19.3 Å². The van der Waals surface area contributed by atoms with Gasteiger partial charge in [0, 0.05) is 32.4 Å². The molecule has 0 saturated heterocycles. The van der Waals surface area contributed by atoms with E-state index in [-0.39, 0.29) is 0 Å². The molecule has 0 unspecified atom stereocenters. The van der Waals surface area contributed by atoms with E-state index in [1.54, 1.807) is 13.4 Å². The molecule has 1 aliphatic rings. The van der Waals surface area contributed by atoms with Crippen LogP contribution in [0.5, 0.6) is 0 Å². The van der Waals surface area contributed by atoms with Crippen LogP contribution in [0.4, 0.5) is 11.6 Å². The Morgan fingerprint density at radius 3 is 2.79 bits per heavy atom. The molecule has 2 rings (SSSR count). The SMILES string of the molecule is COCCCNc1cc(NC2CCCCC2)ncn1. The maximum atomic E-state index is 5.02. The Balaban J connectivity index is 1.80. The normalized spacial score (nSPS) is 16.3. The first-order valence-electron chi connectivity index (χ1n) is 7.20. The molecule has 1 aromatic rings. The third-order valence-electron chi connectivity index (χ3n) is 3.46. The Bertz CT molecular complexity index is 366. The van der Waals surface area contributed by atoms with Gasteiger partial charge in [0.2, 0.25) is 0 Å². The summed E-state index contributed by atoms with van der Waals surface area (Å²) in [6.45, 7) is 1.64. The summed E-state index contributed by atoms with van der Waals surface area (Å²) in [5.41, 5.74) is 0. The topological polar surface area (TPSA) is 59.1 Å². The molecule has 2 N–H and O–H groups in total. The molecular weight excluding hydrogens is 240 g/mol. The van der Waals surface area contributed by atoms with Crippen LogP contribution in [0.15, 0.2) is 12.4 Å². The second-order valence-corrected chi connectivity index (χ2v) is 5.04. The molecule has 19 heavy (non-hydrogen) atoms. The van der Waals surface area contributed by atoms with Crippen LogP contribution in [0.2, 0.25) is 0 Å². The number of hydrogen-bond acceptors (Lipinski definition) is 5. The molecule has 1 saturated carbocycles. The quantitative estimate of drug-likeness (QED) is 0.741. The number of methoxy groups -OCH3 is 1. The number of anilines is 2. The summed E-state index contributed by atoms with van der Waals surface area (Å²) >= 11 is 0. The monoisotopic (exact) mass is 264 g/mol. The zero-order valence-corrected chi connectivity index (χ0v) is 11.7. The van der Waals surface area contributed by atoms with E-state index in [1.165, 1.54) is 32.1 Å². The van der Waals surface area contributed by atoms with Crippen molar-refractivity contribution in [3.05, 3.63) is 12.4 Å². The van der Waals surface area contributed by atoms with Crippen LogP contribution < -0.4 is 10.6 Å². The van der Waals surface area contributed by atoms with Gasteiger partial charge in [-0.1, -0.05) is 19.3 Å². The fourth-order valence-electron chi connectivity index (χ4n) is 2.42. The molecule has 0 radical (unpaired) electrons. The Hall–Kier alpha value is -1.36. The maximum absolute atomic E-state index is 5.02. The predicted molar refractivity (Wildman–Crippen MR) is 77.5 cm³/mol. The third kappa shape index (κ3) is 5.03. The first-order chi connectivity index (χ1) is 9.38. The van der Waals surface area contributed by atoms with Crippen LogP contribution in [0, 0.1) is 0 Å². The summed E-state index contributed by atoms with van der Waals surface area (Å²) < 4.78 is 5.02. The van der Waals surface area contributed by atoms with Crippen molar-refractivity contribution in [2.24, 2.45) is 0 Å². The van der Waals surface area contributed by atoms with Gasteiger partial charge in [0.15, 0.2) is 0 Å². The van der Waals surface area contributed by atoms with E-state index in [9.17, 15) is 0 Å². The van der Waals surface area contributed by atoms with Crippen molar-refractivity contribution in [3.63, 3.8) is 0 Å². The highest BCUT2D eigenvalue weighted by Gasteiger charge is 2.13. The molecule has 0 amide bonds. The lowest BCUT2D eigenvalue weighted by molar-refractivity contribution is 0.198. The van der Waals surface area contributed by atoms with E-state index in [1.807, 2.05) is 6.07 Å². The van der Waals surface area contributed by atoms with Crippen LogP contribution in [-0.4, -0.2) is 36.3 Å². The van der Waals surface area contributed by atoms with Crippen molar-refractivity contribution < 1.29 is 4.74 Å². The highest BCUT2D eigenvalue weighted by atomic mass is 16.5. The molecule has 0 aliphatic heterocycles. The van der Waals surface area contributed by atoms with E-state index in [0.29, 0.717) is 6.04 Å².